The second-order valence-electron chi connectivity index (χ2n) is 5.22. The second-order valence-corrected chi connectivity index (χ2v) is 5.22. The lowest BCUT2D eigenvalue weighted by Gasteiger charge is -2.04. The minimum Gasteiger partial charge on any atom is -0.326 e. The molecule has 3 rings (SSSR count). The van der Waals surface area contributed by atoms with Crippen LogP contribution in [0.2, 0.25) is 0 Å². The number of para-hydroxylation sites is 1. The summed E-state index contributed by atoms with van der Waals surface area (Å²) in [5.41, 5.74) is 3.84. The summed E-state index contributed by atoms with van der Waals surface area (Å²) in [5.74, 6) is -0.0449. The molecule has 4 nitrogen and oxygen atoms in total. The summed E-state index contributed by atoms with van der Waals surface area (Å²) in [4.78, 5) is 12.1. The maximum atomic E-state index is 12.1. The number of anilines is 1. The van der Waals surface area contributed by atoms with Gasteiger partial charge in [0.25, 0.3) is 0 Å². The first kappa shape index (κ1) is 14.1. The molecule has 0 fully saturated rings. The predicted molar refractivity (Wildman–Crippen MR) is 87.1 cm³/mol. The van der Waals surface area contributed by atoms with Crippen molar-refractivity contribution in [2.24, 2.45) is 0 Å². The second kappa shape index (κ2) is 6.26. The van der Waals surface area contributed by atoms with Crippen molar-refractivity contribution in [3.05, 3.63) is 78.1 Å². The van der Waals surface area contributed by atoms with Gasteiger partial charge < -0.3 is 5.32 Å². The molecule has 0 bridgehead atoms. The van der Waals surface area contributed by atoms with Gasteiger partial charge in [-0.1, -0.05) is 35.9 Å². The van der Waals surface area contributed by atoms with E-state index in [4.69, 9.17) is 0 Å². The number of aromatic nitrogens is 2. The zero-order valence-corrected chi connectivity index (χ0v) is 12.4. The molecule has 1 N–H and O–H groups in total. The molecule has 0 saturated carbocycles. The van der Waals surface area contributed by atoms with Crippen LogP contribution in [0, 0.1) is 6.92 Å². The highest BCUT2D eigenvalue weighted by Gasteiger charge is 2.07. The quantitative estimate of drug-likeness (QED) is 0.801. The van der Waals surface area contributed by atoms with Gasteiger partial charge in [0.05, 0.1) is 18.3 Å². The summed E-state index contributed by atoms with van der Waals surface area (Å²) in [5, 5.41) is 7.19. The van der Waals surface area contributed by atoms with Crippen molar-refractivity contribution in [2.75, 3.05) is 5.32 Å². The fourth-order valence-electron chi connectivity index (χ4n) is 2.20. The number of hydrogen-bond acceptors (Lipinski definition) is 2. The van der Waals surface area contributed by atoms with Gasteiger partial charge in [0.15, 0.2) is 0 Å². The fourth-order valence-corrected chi connectivity index (χ4v) is 2.20. The van der Waals surface area contributed by atoms with E-state index >= 15 is 0 Å². The Labute approximate surface area is 129 Å². The number of amides is 1. The minimum atomic E-state index is -0.0449. The van der Waals surface area contributed by atoms with Crippen molar-refractivity contribution < 1.29 is 4.79 Å². The molecule has 0 spiro atoms. The maximum absolute atomic E-state index is 12.1. The van der Waals surface area contributed by atoms with Crippen molar-refractivity contribution >= 4 is 11.6 Å². The fraction of sp³-hybridized carbons (Fsp3) is 0.111. The zero-order valence-electron chi connectivity index (χ0n) is 12.4. The molecule has 1 amide bonds. The standard InChI is InChI=1S/C18H17N3O/c1-14-7-9-16(10-8-14)20-18(22)11-15-12-19-21(13-15)17-5-3-2-4-6-17/h2-10,12-13H,11H2,1H3,(H,20,22). The molecule has 0 radical (unpaired) electrons. The van der Waals surface area contributed by atoms with Gasteiger partial charge >= 0.3 is 0 Å². The smallest absolute Gasteiger partial charge is 0.228 e. The SMILES string of the molecule is Cc1ccc(NC(=O)Cc2cnn(-c3ccccc3)c2)cc1. The Kier molecular flexibility index (Phi) is 4.01. The summed E-state index contributed by atoms with van der Waals surface area (Å²) in [6.07, 6.45) is 3.91. The highest BCUT2D eigenvalue weighted by Crippen LogP contribution is 2.11. The van der Waals surface area contributed by atoms with E-state index in [1.54, 1.807) is 10.9 Å². The Bertz CT molecular complexity index is 761. The number of nitrogens with zero attached hydrogens (tertiary/aromatic N) is 2. The summed E-state index contributed by atoms with van der Waals surface area (Å²) >= 11 is 0. The van der Waals surface area contributed by atoms with Crippen LogP contribution in [0.5, 0.6) is 0 Å². The van der Waals surface area contributed by atoms with E-state index in [1.807, 2.05) is 67.7 Å². The lowest BCUT2D eigenvalue weighted by Crippen LogP contribution is -2.13. The number of hydrogen-bond donors (Lipinski definition) is 1. The van der Waals surface area contributed by atoms with Crippen molar-refractivity contribution in [3.63, 3.8) is 0 Å². The molecule has 22 heavy (non-hydrogen) atoms. The molecular formula is C18H17N3O. The van der Waals surface area contributed by atoms with Gasteiger partial charge in [0.2, 0.25) is 5.91 Å². The van der Waals surface area contributed by atoms with Gasteiger partial charge in [-0.2, -0.15) is 5.10 Å². The van der Waals surface area contributed by atoms with E-state index in [-0.39, 0.29) is 5.91 Å². The Morgan fingerprint density at radius 3 is 2.55 bits per heavy atom. The van der Waals surface area contributed by atoms with Crippen LogP contribution in [0.1, 0.15) is 11.1 Å². The first-order valence-corrected chi connectivity index (χ1v) is 7.16. The molecule has 0 aliphatic carbocycles. The van der Waals surface area contributed by atoms with Crippen LogP contribution in [0.25, 0.3) is 5.69 Å². The topological polar surface area (TPSA) is 46.9 Å². The Morgan fingerprint density at radius 2 is 1.82 bits per heavy atom. The Balaban J connectivity index is 1.65. The average molecular weight is 291 g/mol. The molecule has 1 aromatic heterocycles. The molecule has 4 heteroatoms. The van der Waals surface area contributed by atoms with Crippen molar-refractivity contribution in [2.45, 2.75) is 13.3 Å². The highest BCUT2D eigenvalue weighted by molar-refractivity contribution is 5.92. The monoisotopic (exact) mass is 291 g/mol. The van der Waals surface area contributed by atoms with Crippen LogP contribution in [0.3, 0.4) is 0 Å². The van der Waals surface area contributed by atoms with Gasteiger partial charge in [-0.25, -0.2) is 4.68 Å². The van der Waals surface area contributed by atoms with Gasteiger partial charge in [0.1, 0.15) is 0 Å². The Morgan fingerprint density at radius 1 is 1.09 bits per heavy atom. The molecule has 0 atom stereocenters. The predicted octanol–water partition coefficient (Wildman–Crippen LogP) is 3.36. The van der Waals surface area contributed by atoms with Gasteiger partial charge in [-0.3, -0.25) is 4.79 Å². The molecule has 0 aliphatic rings. The number of carbonyl (C=O) groups is 1. The third-order valence-electron chi connectivity index (χ3n) is 3.36. The van der Waals surface area contributed by atoms with Crippen molar-refractivity contribution in [1.29, 1.82) is 0 Å². The van der Waals surface area contributed by atoms with E-state index in [0.29, 0.717) is 6.42 Å². The van der Waals surface area contributed by atoms with Crippen molar-refractivity contribution in [3.8, 4) is 5.69 Å². The van der Waals surface area contributed by atoms with E-state index in [2.05, 4.69) is 10.4 Å². The van der Waals surface area contributed by atoms with Gasteiger partial charge in [-0.05, 0) is 36.8 Å². The largest absolute Gasteiger partial charge is 0.326 e. The summed E-state index contributed by atoms with van der Waals surface area (Å²) in [7, 11) is 0. The highest BCUT2D eigenvalue weighted by atomic mass is 16.1. The first-order chi connectivity index (χ1) is 10.7. The van der Waals surface area contributed by atoms with E-state index in [9.17, 15) is 4.79 Å². The number of aryl methyl sites for hydroxylation is 1. The molecule has 0 aliphatic heterocycles. The van der Waals surface area contributed by atoms with Crippen LogP contribution in [0.15, 0.2) is 67.0 Å². The third kappa shape index (κ3) is 3.41. The van der Waals surface area contributed by atoms with E-state index in [1.165, 1.54) is 5.56 Å². The molecule has 0 saturated heterocycles. The van der Waals surface area contributed by atoms with E-state index < -0.39 is 0 Å². The molecule has 2 aromatic carbocycles. The lowest BCUT2D eigenvalue weighted by atomic mass is 10.2. The van der Waals surface area contributed by atoms with E-state index in [0.717, 1.165) is 16.9 Å². The minimum absolute atomic E-state index is 0.0449. The molecular weight excluding hydrogens is 274 g/mol. The number of benzene rings is 2. The number of nitrogens with one attached hydrogen (secondary N) is 1. The zero-order chi connectivity index (χ0) is 15.4. The van der Waals surface area contributed by atoms with Crippen LogP contribution in [0.4, 0.5) is 5.69 Å². The maximum Gasteiger partial charge on any atom is 0.228 e. The van der Waals surface area contributed by atoms with Gasteiger partial charge in [-0.15, -0.1) is 0 Å². The normalized spacial score (nSPS) is 10.4. The third-order valence-corrected chi connectivity index (χ3v) is 3.36. The summed E-state index contributed by atoms with van der Waals surface area (Å²) in [6, 6.07) is 17.6. The summed E-state index contributed by atoms with van der Waals surface area (Å²) < 4.78 is 1.77. The average Bonchev–Trinajstić information content (AvgIpc) is 2.99. The summed E-state index contributed by atoms with van der Waals surface area (Å²) in [6.45, 7) is 2.02. The van der Waals surface area contributed by atoms with Gasteiger partial charge in [0, 0.05) is 11.9 Å². The van der Waals surface area contributed by atoms with Crippen LogP contribution in [-0.4, -0.2) is 15.7 Å². The first-order valence-electron chi connectivity index (χ1n) is 7.16. The molecule has 1 heterocycles. The molecule has 0 unspecified atom stereocenters. The van der Waals surface area contributed by atoms with Crippen LogP contribution in [-0.2, 0) is 11.2 Å². The lowest BCUT2D eigenvalue weighted by molar-refractivity contribution is -0.115. The Hall–Kier alpha value is -2.88. The number of rotatable bonds is 4. The van der Waals surface area contributed by atoms with Crippen LogP contribution >= 0.6 is 0 Å². The van der Waals surface area contributed by atoms with Crippen molar-refractivity contribution in [1.82, 2.24) is 9.78 Å². The molecule has 3 aromatic rings. The number of carbonyl (C=O) groups excluding carboxylic acids is 1. The van der Waals surface area contributed by atoms with Crippen LogP contribution < -0.4 is 5.32 Å². The molecule has 110 valence electrons.